The molecule has 128 valence electrons. The van der Waals surface area contributed by atoms with Crippen LogP contribution in [0.1, 0.15) is 73.1 Å². The van der Waals surface area contributed by atoms with Crippen LogP contribution in [-0.2, 0) is 0 Å². The van der Waals surface area contributed by atoms with Crippen LogP contribution in [0.15, 0.2) is 23.3 Å². The van der Waals surface area contributed by atoms with Gasteiger partial charge in [-0.2, -0.15) is 0 Å². The Morgan fingerprint density at radius 3 is 2.09 bits per heavy atom. The summed E-state index contributed by atoms with van der Waals surface area (Å²) in [6.45, 7) is 13.1. The van der Waals surface area contributed by atoms with Gasteiger partial charge in [0.1, 0.15) is 0 Å². The van der Waals surface area contributed by atoms with Gasteiger partial charge in [0, 0.05) is 12.0 Å². The molecule has 0 fully saturated rings. The minimum absolute atomic E-state index is 0.288. The minimum Gasteiger partial charge on any atom is -0.309 e. The van der Waals surface area contributed by atoms with E-state index in [0.717, 1.165) is 6.54 Å². The highest BCUT2D eigenvalue weighted by molar-refractivity contribution is 5.43. The Morgan fingerprint density at radius 2 is 1.59 bits per heavy atom. The maximum absolute atomic E-state index is 2.54. The fourth-order valence-electron chi connectivity index (χ4n) is 4.16. The molecule has 1 rings (SSSR count). The van der Waals surface area contributed by atoms with Crippen LogP contribution in [0.2, 0.25) is 0 Å². The summed E-state index contributed by atoms with van der Waals surface area (Å²) in [6, 6.07) is 0. The Balaban J connectivity index is 2.97. The van der Waals surface area contributed by atoms with Crippen molar-refractivity contribution >= 4 is 0 Å². The van der Waals surface area contributed by atoms with Gasteiger partial charge in [-0.15, -0.1) is 0 Å². The lowest BCUT2D eigenvalue weighted by atomic mass is 9.64. The summed E-state index contributed by atoms with van der Waals surface area (Å²) in [5.41, 5.74) is 3.68. The summed E-state index contributed by atoms with van der Waals surface area (Å²) >= 11 is 0. The van der Waals surface area contributed by atoms with Gasteiger partial charge in [-0.1, -0.05) is 71.6 Å². The minimum atomic E-state index is 0.288. The van der Waals surface area contributed by atoms with Crippen molar-refractivity contribution in [2.75, 3.05) is 20.6 Å². The van der Waals surface area contributed by atoms with E-state index in [2.05, 4.69) is 65.8 Å². The van der Waals surface area contributed by atoms with Gasteiger partial charge in [-0.25, -0.2) is 0 Å². The number of hydrogen-bond acceptors (Lipinski definition) is 1. The molecular weight excluding hydrogens is 266 g/mol. The molecular formula is C21H39N. The first-order valence-electron chi connectivity index (χ1n) is 9.42. The van der Waals surface area contributed by atoms with Gasteiger partial charge >= 0.3 is 0 Å². The molecule has 0 aromatic carbocycles. The van der Waals surface area contributed by atoms with Crippen LogP contribution < -0.4 is 0 Å². The summed E-state index contributed by atoms with van der Waals surface area (Å²) in [4.78, 5) is 2.32. The number of hydrogen-bond donors (Lipinski definition) is 0. The molecule has 1 nitrogen and oxygen atoms in total. The summed E-state index contributed by atoms with van der Waals surface area (Å²) in [6.07, 6.45) is 12.9. The van der Waals surface area contributed by atoms with Crippen molar-refractivity contribution in [3.63, 3.8) is 0 Å². The van der Waals surface area contributed by atoms with Crippen molar-refractivity contribution in [3.05, 3.63) is 23.3 Å². The number of allylic oxidation sites excluding steroid dienone is 3. The third-order valence-electron chi connectivity index (χ3n) is 5.49. The number of nitrogens with zero attached hydrogens (tertiary/aromatic N) is 1. The molecule has 0 heterocycles. The van der Waals surface area contributed by atoms with E-state index >= 15 is 0 Å². The molecule has 0 unspecified atom stereocenters. The molecule has 1 aliphatic rings. The Morgan fingerprint density at radius 1 is 0.955 bits per heavy atom. The molecule has 0 saturated heterocycles. The lowest BCUT2D eigenvalue weighted by molar-refractivity contribution is 0.222. The maximum atomic E-state index is 2.54. The topological polar surface area (TPSA) is 3.24 Å². The highest BCUT2D eigenvalue weighted by atomic mass is 15.0. The Kier molecular flexibility index (Phi) is 7.89. The van der Waals surface area contributed by atoms with Gasteiger partial charge in [0.15, 0.2) is 0 Å². The Bertz CT molecular complexity index is 377. The van der Waals surface area contributed by atoms with Crippen molar-refractivity contribution in [1.82, 2.24) is 4.90 Å². The van der Waals surface area contributed by atoms with Crippen molar-refractivity contribution in [3.8, 4) is 0 Å². The quantitative estimate of drug-likeness (QED) is 0.442. The summed E-state index contributed by atoms with van der Waals surface area (Å²) in [5, 5.41) is 0. The van der Waals surface area contributed by atoms with E-state index in [4.69, 9.17) is 0 Å². The van der Waals surface area contributed by atoms with Gasteiger partial charge < -0.3 is 4.90 Å². The van der Waals surface area contributed by atoms with Crippen LogP contribution in [0.3, 0.4) is 0 Å². The Labute approximate surface area is 139 Å². The molecule has 0 atom stereocenters. The molecule has 0 spiro atoms. The smallest absolute Gasteiger partial charge is 0.0146 e. The van der Waals surface area contributed by atoms with E-state index in [1.165, 1.54) is 38.5 Å². The highest BCUT2D eigenvalue weighted by Gasteiger charge is 2.41. The van der Waals surface area contributed by atoms with Crippen LogP contribution in [0.25, 0.3) is 0 Å². The first-order chi connectivity index (χ1) is 10.4. The van der Waals surface area contributed by atoms with Crippen molar-refractivity contribution in [1.29, 1.82) is 0 Å². The zero-order valence-corrected chi connectivity index (χ0v) is 16.2. The lowest BCUT2D eigenvalue weighted by Gasteiger charge is -2.40. The predicted octanol–water partition coefficient (Wildman–Crippen LogP) is 6.07. The van der Waals surface area contributed by atoms with E-state index in [0.29, 0.717) is 11.8 Å². The van der Waals surface area contributed by atoms with Gasteiger partial charge in [0.2, 0.25) is 0 Å². The lowest BCUT2D eigenvalue weighted by Crippen LogP contribution is -2.33. The molecule has 0 bridgehead atoms. The van der Waals surface area contributed by atoms with Gasteiger partial charge in [-0.05, 0) is 50.8 Å². The SMILES string of the molecule is CCCCCCC1=C(CCN(C)C)C(C(C)C)(C(C)C)C=C1. The molecule has 0 aromatic rings. The van der Waals surface area contributed by atoms with Gasteiger partial charge in [0.25, 0.3) is 0 Å². The Hall–Kier alpha value is -0.560. The zero-order valence-electron chi connectivity index (χ0n) is 16.2. The van der Waals surface area contributed by atoms with Crippen molar-refractivity contribution in [2.24, 2.45) is 17.3 Å². The van der Waals surface area contributed by atoms with Gasteiger partial charge in [-0.3, -0.25) is 0 Å². The van der Waals surface area contributed by atoms with Crippen LogP contribution in [0.4, 0.5) is 0 Å². The molecule has 0 saturated carbocycles. The first-order valence-corrected chi connectivity index (χ1v) is 9.42. The third-order valence-corrected chi connectivity index (χ3v) is 5.49. The summed E-state index contributed by atoms with van der Waals surface area (Å²) in [7, 11) is 4.38. The number of unbranched alkanes of at least 4 members (excludes halogenated alkanes) is 3. The number of rotatable bonds is 10. The second-order valence-electron chi connectivity index (χ2n) is 7.94. The standard InChI is InChI=1S/C21H39N/c1-8-9-10-11-12-19-13-15-21(17(2)3,18(4)5)20(19)14-16-22(6)7/h13,15,17-18H,8-12,14,16H2,1-7H3. The molecule has 0 radical (unpaired) electrons. The van der Waals surface area contributed by atoms with Crippen molar-refractivity contribution < 1.29 is 0 Å². The predicted molar refractivity (Wildman–Crippen MR) is 100 cm³/mol. The largest absolute Gasteiger partial charge is 0.309 e. The second kappa shape index (κ2) is 8.91. The normalized spacial score (nSPS) is 17.5. The highest BCUT2D eigenvalue weighted by Crippen LogP contribution is 2.51. The summed E-state index contributed by atoms with van der Waals surface area (Å²) < 4.78 is 0. The van der Waals surface area contributed by atoms with E-state index in [1.54, 1.807) is 11.1 Å². The molecule has 22 heavy (non-hydrogen) atoms. The monoisotopic (exact) mass is 305 g/mol. The second-order valence-corrected chi connectivity index (χ2v) is 7.94. The zero-order chi connectivity index (χ0) is 16.8. The fourth-order valence-corrected chi connectivity index (χ4v) is 4.16. The van der Waals surface area contributed by atoms with Crippen LogP contribution in [0, 0.1) is 17.3 Å². The average molecular weight is 306 g/mol. The van der Waals surface area contributed by atoms with E-state index in [1.807, 2.05) is 0 Å². The molecule has 1 aliphatic carbocycles. The molecule has 1 heteroatoms. The van der Waals surface area contributed by atoms with E-state index < -0.39 is 0 Å². The van der Waals surface area contributed by atoms with Crippen LogP contribution >= 0.6 is 0 Å². The van der Waals surface area contributed by atoms with E-state index in [9.17, 15) is 0 Å². The van der Waals surface area contributed by atoms with E-state index in [-0.39, 0.29) is 5.41 Å². The van der Waals surface area contributed by atoms with Crippen LogP contribution in [-0.4, -0.2) is 25.5 Å². The maximum Gasteiger partial charge on any atom is 0.0146 e. The van der Waals surface area contributed by atoms with Crippen molar-refractivity contribution in [2.45, 2.75) is 73.1 Å². The average Bonchev–Trinajstić information content (AvgIpc) is 2.81. The molecule has 0 N–H and O–H groups in total. The third kappa shape index (κ3) is 4.47. The van der Waals surface area contributed by atoms with Gasteiger partial charge in [0.05, 0.1) is 0 Å². The fraction of sp³-hybridized carbons (Fsp3) is 0.810. The molecule has 0 aromatic heterocycles. The molecule has 0 amide bonds. The summed E-state index contributed by atoms with van der Waals surface area (Å²) in [5.74, 6) is 1.35. The van der Waals surface area contributed by atoms with Crippen LogP contribution in [0.5, 0.6) is 0 Å². The first kappa shape index (κ1) is 19.5. The molecule has 0 aliphatic heterocycles.